The number of esters is 1. The topological polar surface area (TPSA) is 80.9 Å². The summed E-state index contributed by atoms with van der Waals surface area (Å²) < 4.78 is 26.5. The molecule has 0 spiro atoms. The molecule has 2 N–H and O–H groups in total. The van der Waals surface area contributed by atoms with Crippen molar-refractivity contribution >= 4 is 17.6 Å². The summed E-state index contributed by atoms with van der Waals surface area (Å²) in [6, 6.07) is 2.38. The van der Waals surface area contributed by atoms with Crippen molar-refractivity contribution in [2.24, 2.45) is 0 Å². The van der Waals surface area contributed by atoms with E-state index in [0.717, 1.165) is 23.5 Å². The first-order valence-electron chi connectivity index (χ1n) is 9.88. The molecule has 0 fully saturated rings. The Balaban J connectivity index is 1.90. The number of hydrogen-bond acceptors (Lipinski definition) is 5. The molecule has 162 valence electrons. The summed E-state index contributed by atoms with van der Waals surface area (Å²) in [7, 11) is 0. The van der Waals surface area contributed by atoms with Crippen LogP contribution in [-0.4, -0.2) is 33.0 Å². The molecule has 1 aromatic carbocycles. The number of halogens is 2. The van der Waals surface area contributed by atoms with Crippen LogP contribution in [0.25, 0.3) is 5.69 Å². The molecule has 1 atom stereocenters. The average molecular weight is 438 g/mol. The highest BCUT2D eigenvalue weighted by Gasteiger charge is 2.27. The first kappa shape index (κ1) is 22.0. The Kier molecular flexibility index (Phi) is 6.61. The van der Waals surface area contributed by atoms with Crippen LogP contribution in [0.5, 0.6) is 17.5 Å². The van der Waals surface area contributed by atoms with Gasteiger partial charge in [-0.1, -0.05) is 11.6 Å². The lowest BCUT2D eigenvalue weighted by Gasteiger charge is -2.16. The standard InChI is InChI=1S/C22H25ClFNO5/c1-12(2)29-20(26)9-8-13(3)30-19-11-18(17(24)10-16(19)23)25-21(27)14-6-4-5-7-15(14)22(25)28/h8-13,27-28H,4-7H2,1-3H3. The third-order valence-corrected chi connectivity index (χ3v) is 5.14. The molecule has 1 heterocycles. The van der Waals surface area contributed by atoms with Crippen molar-refractivity contribution in [1.82, 2.24) is 4.57 Å². The molecular weight excluding hydrogens is 413 g/mol. The lowest BCUT2D eigenvalue weighted by atomic mass is 9.95. The monoisotopic (exact) mass is 437 g/mol. The number of carbonyl (C=O) groups is 1. The summed E-state index contributed by atoms with van der Waals surface area (Å²) in [5.74, 6) is -1.43. The smallest absolute Gasteiger partial charge is 0.330 e. The number of fused-ring (bicyclic) bond motifs is 1. The fourth-order valence-corrected chi connectivity index (χ4v) is 3.70. The van der Waals surface area contributed by atoms with E-state index in [-0.39, 0.29) is 34.3 Å². The van der Waals surface area contributed by atoms with E-state index >= 15 is 0 Å². The van der Waals surface area contributed by atoms with Gasteiger partial charge in [0.15, 0.2) is 0 Å². The zero-order chi connectivity index (χ0) is 22.0. The molecule has 0 saturated carbocycles. The van der Waals surface area contributed by atoms with Crippen LogP contribution in [0.15, 0.2) is 24.3 Å². The van der Waals surface area contributed by atoms with Gasteiger partial charge < -0.3 is 19.7 Å². The summed E-state index contributed by atoms with van der Waals surface area (Å²) >= 11 is 6.13. The van der Waals surface area contributed by atoms with E-state index in [2.05, 4.69) is 0 Å². The Hall–Kier alpha value is -2.67. The van der Waals surface area contributed by atoms with Gasteiger partial charge in [0.1, 0.15) is 17.7 Å². The minimum atomic E-state index is -0.714. The second-order valence-electron chi connectivity index (χ2n) is 7.55. The molecule has 8 heteroatoms. The van der Waals surface area contributed by atoms with Gasteiger partial charge in [-0.05, 0) is 58.6 Å². The third kappa shape index (κ3) is 4.56. The normalized spacial score (nSPS) is 14.7. The van der Waals surface area contributed by atoms with Crippen molar-refractivity contribution < 1.29 is 28.9 Å². The summed E-state index contributed by atoms with van der Waals surface area (Å²) in [5.41, 5.74) is 1.19. The van der Waals surface area contributed by atoms with E-state index in [1.165, 1.54) is 18.2 Å². The maximum Gasteiger partial charge on any atom is 0.330 e. The Morgan fingerprint density at radius 2 is 1.77 bits per heavy atom. The first-order valence-corrected chi connectivity index (χ1v) is 10.3. The highest BCUT2D eigenvalue weighted by atomic mass is 35.5. The van der Waals surface area contributed by atoms with Crippen LogP contribution in [0.4, 0.5) is 4.39 Å². The van der Waals surface area contributed by atoms with E-state index in [0.29, 0.717) is 24.0 Å². The van der Waals surface area contributed by atoms with Crippen molar-refractivity contribution in [3.8, 4) is 23.2 Å². The molecule has 0 amide bonds. The van der Waals surface area contributed by atoms with Gasteiger partial charge >= 0.3 is 5.97 Å². The molecule has 1 unspecified atom stereocenters. The second-order valence-corrected chi connectivity index (χ2v) is 7.96. The average Bonchev–Trinajstić information content (AvgIpc) is 2.93. The molecular formula is C22H25ClFNO5. The van der Waals surface area contributed by atoms with Crippen LogP contribution in [0.2, 0.25) is 5.02 Å². The Bertz CT molecular complexity index is 953. The molecule has 1 aliphatic carbocycles. The zero-order valence-corrected chi connectivity index (χ0v) is 17.9. The number of nitrogens with zero attached hydrogens (tertiary/aromatic N) is 1. The van der Waals surface area contributed by atoms with Crippen LogP contribution in [0.1, 0.15) is 44.7 Å². The minimum absolute atomic E-state index is 0.0251. The molecule has 0 bridgehead atoms. The van der Waals surface area contributed by atoms with Gasteiger partial charge in [-0.3, -0.25) is 0 Å². The van der Waals surface area contributed by atoms with Gasteiger partial charge in [-0.2, -0.15) is 0 Å². The van der Waals surface area contributed by atoms with Gasteiger partial charge in [0.25, 0.3) is 0 Å². The molecule has 0 radical (unpaired) electrons. The Morgan fingerprint density at radius 3 is 2.33 bits per heavy atom. The summed E-state index contributed by atoms with van der Waals surface area (Å²) in [5, 5.41) is 21.2. The van der Waals surface area contributed by atoms with Crippen molar-refractivity contribution in [3.63, 3.8) is 0 Å². The Labute approximate surface area is 179 Å². The predicted octanol–water partition coefficient (Wildman–Crippen LogP) is 4.83. The molecule has 1 aromatic heterocycles. The molecule has 30 heavy (non-hydrogen) atoms. The van der Waals surface area contributed by atoms with Gasteiger partial charge in [0.2, 0.25) is 11.8 Å². The fraction of sp³-hybridized carbons (Fsp3) is 0.409. The van der Waals surface area contributed by atoms with Crippen molar-refractivity contribution in [1.29, 1.82) is 0 Å². The Morgan fingerprint density at radius 1 is 1.17 bits per heavy atom. The van der Waals surface area contributed by atoms with E-state index in [1.807, 2.05) is 0 Å². The maximum absolute atomic E-state index is 14.7. The molecule has 0 aliphatic heterocycles. The van der Waals surface area contributed by atoms with Crippen molar-refractivity contribution in [3.05, 3.63) is 46.3 Å². The summed E-state index contributed by atoms with van der Waals surface area (Å²) in [6.07, 6.45) is 4.97. The number of ether oxygens (including phenoxy) is 2. The van der Waals surface area contributed by atoms with E-state index in [9.17, 15) is 19.4 Å². The van der Waals surface area contributed by atoms with Crippen molar-refractivity contribution in [2.75, 3.05) is 0 Å². The first-order chi connectivity index (χ1) is 14.2. The largest absolute Gasteiger partial charge is 0.494 e. The number of benzene rings is 1. The van der Waals surface area contributed by atoms with Gasteiger partial charge in [-0.25, -0.2) is 13.8 Å². The van der Waals surface area contributed by atoms with E-state index in [1.54, 1.807) is 20.8 Å². The third-order valence-electron chi connectivity index (χ3n) is 4.84. The SMILES string of the molecule is CC(C)OC(=O)C=CC(C)Oc1cc(-n2c(O)c3c(c2O)CCCC3)c(F)cc1Cl. The number of rotatable bonds is 6. The van der Waals surface area contributed by atoms with Gasteiger partial charge in [0.05, 0.1) is 16.8 Å². The molecule has 0 saturated heterocycles. The van der Waals surface area contributed by atoms with E-state index < -0.39 is 17.9 Å². The van der Waals surface area contributed by atoms with Crippen LogP contribution in [0.3, 0.4) is 0 Å². The predicted molar refractivity (Wildman–Crippen MR) is 111 cm³/mol. The number of aromatic nitrogens is 1. The fourth-order valence-electron chi connectivity index (χ4n) is 3.50. The molecule has 2 aromatic rings. The zero-order valence-electron chi connectivity index (χ0n) is 17.1. The van der Waals surface area contributed by atoms with Crippen molar-refractivity contribution in [2.45, 2.75) is 58.7 Å². The lowest BCUT2D eigenvalue weighted by molar-refractivity contribution is -0.141. The van der Waals surface area contributed by atoms with Gasteiger partial charge in [-0.15, -0.1) is 0 Å². The van der Waals surface area contributed by atoms with Crippen LogP contribution in [0, 0.1) is 5.82 Å². The number of carbonyl (C=O) groups excluding carboxylic acids is 1. The maximum atomic E-state index is 14.7. The quantitative estimate of drug-likeness (QED) is 0.499. The molecule has 6 nitrogen and oxygen atoms in total. The summed E-state index contributed by atoms with van der Waals surface area (Å²) in [6.45, 7) is 5.17. The summed E-state index contributed by atoms with van der Waals surface area (Å²) in [4.78, 5) is 11.6. The highest BCUT2D eigenvalue weighted by molar-refractivity contribution is 6.32. The highest BCUT2D eigenvalue weighted by Crippen LogP contribution is 2.42. The molecule has 3 rings (SSSR count). The number of hydrogen-bond donors (Lipinski definition) is 2. The van der Waals surface area contributed by atoms with E-state index in [4.69, 9.17) is 21.1 Å². The van der Waals surface area contributed by atoms with Crippen LogP contribution >= 0.6 is 11.6 Å². The minimum Gasteiger partial charge on any atom is -0.494 e. The lowest BCUT2D eigenvalue weighted by Crippen LogP contribution is -2.12. The van der Waals surface area contributed by atoms with Crippen LogP contribution in [-0.2, 0) is 22.4 Å². The van der Waals surface area contributed by atoms with Gasteiger partial charge in [0, 0.05) is 23.3 Å². The second kappa shape index (κ2) is 9.00. The number of aromatic hydroxyl groups is 2. The molecule has 1 aliphatic rings. The van der Waals surface area contributed by atoms with Crippen LogP contribution < -0.4 is 4.74 Å².